The Kier molecular flexibility index (Phi) is 4.76. The van der Waals surface area contributed by atoms with Crippen molar-refractivity contribution in [2.24, 2.45) is 0 Å². The van der Waals surface area contributed by atoms with Crippen LogP contribution in [0.3, 0.4) is 0 Å². The number of ether oxygens (including phenoxy) is 1. The first-order valence-corrected chi connectivity index (χ1v) is 7.92. The van der Waals surface area contributed by atoms with Gasteiger partial charge in [0.25, 0.3) is 0 Å². The highest BCUT2D eigenvalue weighted by atomic mass is 79.9. The van der Waals surface area contributed by atoms with E-state index in [1.54, 1.807) is 11.1 Å². The molecule has 0 bridgehead atoms. The van der Waals surface area contributed by atoms with Crippen molar-refractivity contribution < 1.29 is 9.53 Å². The smallest absolute Gasteiger partial charge is 0.410 e. The summed E-state index contributed by atoms with van der Waals surface area (Å²) >= 11 is 3.39. The van der Waals surface area contributed by atoms with E-state index in [9.17, 15) is 4.79 Å². The SMILES string of the molecule is C[C@@H]1CN(c2ccc(Br)cn2)CCN1C(=O)OC(C)(C)C. The van der Waals surface area contributed by atoms with Crippen LogP contribution in [-0.2, 0) is 4.74 Å². The molecule has 1 saturated heterocycles. The zero-order valence-corrected chi connectivity index (χ0v) is 14.6. The molecular formula is C15H22BrN3O2. The fourth-order valence-corrected chi connectivity index (χ4v) is 2.55. The van der Waals surface area contributed by atoms with Crippen molar-refractivity contribution in [1.82, 2.24) is 9.88 Å². The quantitative estimate of drug-likeness (QED) is 0.775. The Balaban J connectivity index is 1.99. The maximum absolute atomic E-state index is 12.2. The molecule has 0 radical (unpaired) electrons. The van der Waals surface area contributed by atoms with E-state index in [0.29, 0.717) is 6.54 Å². The zero-order valence-electron chi connectivity index (χ0n) is 13.0. The number of hydrogen-bond acceptors (Lipinski definition) is 4. The molecule has 21 heavy (non-hydrogen) atoms. The standard InChI is InChI=1S/C15H22BrN3O2/c1-11-10-18(13-6-5-12(16)9-17-13)7-8-19(11)14(20)21-15(2,3)4/h5-6,9,11H,7-8,10H2,1-4H3/t11-/m1/s1. The molecule has 2 rings (SSSR count). The average Bonchev–Trinajstić information content (AvgIpc) is 2.37. The van der Waals surface area contributed by atoms with E-state index >= 15 is 0 Å². The third kappa shape index (κ3) is 4.33. The van der Waals surface area contributed by atoms with E-state index in [1.807, 2.05) is 39.8 Å². The Morgan fingerprint density at radius 2 is 2.10 bits per heavy atom. The van der Waals surface area contributed by atoms with Crippen LogP contribution in [0.2, 0.25) is 0 Å². The molecular weight excluding hydrogens is 334 g/mol. The van der Waals surface area contributed by atoms with Crippen LogP contribution in [0.5, 0.6) is 0 Å². The highest BCUT2D eigenvalue weighted by Gasteiger charge is 2.31. The van der Waals surface area contributed by atoms with Crippen LogP contribution in [0.4, 0.5) is 10.6 Å². The van der Waals surface area contributed by atoms with E-state index in [4.69, 9.17) is 4.74 Å². The van der Waals surface area contributed by atoms with Gasteiger partial charge in [0.15, 0.2) is 0 Å². The molecule has 1 aromatic rings. The van der Waals surface area contributed by atoms with Gasteiger partial charge in [-0.15, -0.1) is 0 Å². The molecule has 0 aliphatic carbocycles. The van der Waals surface area contributed by atoms with Gasteiger partial charge in [0.1, 0.15) is 11.4 Å². The molecule has 0 aromatic carbocycles. The second-order valence-electron chi connectivity index (χ2n) is 6.30. The number of pyridine rings is 1. The van der Waals surface area contributed by atoms with Gasteiger partial charge in [0, 0.05) is 36.3 Å². The lowest BCUT2D eigenvalue weighted by Crippen LogP contribution is -2.55. The van der Waals surface area contributed by atoms with Gasteiger partial charge >= 0.3 is 6.09 Å². The minimum Gasteiger partial charge on any atom is -0.444 e. The predicted octanol–water partition coefficient (Wildman–Crippen LogP) is 3.29. The third-order valence-corrected chi connectivity index (χ3v) is 3.76. The van der Waals surface area contributed by atoms with Gasteiger partial charge in [-0.2, -0.15) is 0 Å². The Labute approximate surface area is 134 Å². The summed E-state index contributed by atoms with van der Waals surface area (Å²) in [4.78, 5) is 20.6. The van der Waals surface area contributed by atoms with Gasteiger partial charge in [-0.3, -0.25) is 0 Å². The lowest BCUT2D eigenvalue weighted by molar-refractivity contribution is 0.0158. The molecule has 0 unspecified atom stereocenters. The molecule has 5 nitrogen and oxygen atoms in total. The highest BCUT2D eigenvalue weighted by molar-refractivity contribution is 9.10. The van der Waals surface area contributed by atoms with Crippen molar-refractivity contribution in [2.45, 2.75) is 39.3 Å². The van der Waals surface area contributed by atoms with Crippen LogP contribution in [-0.4, -0.2) is 47.3 Å². The number of amides is 1. The van der Waals surface area contributed by atoms with Crippen LogP contribution >= 0.6 is 15.9 Å². The Hall–Kier alpha value is -1.30. The minimum atomic E-state index is -0.457. The number of rotatable bonds is 1. The summed E-state index contributed by atoms with van der Waals surface area (Å²) in [5.41, 5.74) is -0.457. The molecule has 1 aromatic heterocycles. The lowest BCUT2D eigenvalue weighted by Gasteiger charge is -2.40. The Morgan fingerprint density at radius 3 is 2.62 bits per heavy atom. The average molecular weight is 356 g/mol. The molecule has 1 fully saturated rings. The van der Waals surface area contributed by atoms with Crippen molar-refractivity contribution >= 4 is 27.8 Å². The molecule has 1 atom stereocenters. The summed E-state index contributed by atoms with van der Waals surface area (Å²) < 4.78 is 6.42. The number of nitrogens with zero attached hydrogens (tertiary/aromatic N) is 3. The van der Waals surface area contributed by atoms with Crippen LogP contribution < -0.4 is 4.90 Å². The number of carbonyl (C=O) groups is 1. The van der Waals surface area contributed by atoms with Gasteiger partial charge in [0.05, 0.1) is 0 Å². The number of carbonyl (C=O) groups excluding carboxylic acids is 1. The first-order chi connectivity index (χ1) is 9.76. The predicted molar refractivity (Wildman–Crippen MR) is 86.6 cm³/mol. The van der Waals surface area contributed by atoms with E-state index in [-0.39, 0.29) is 12.1 Å². The number of anilines is 1. The maximum Gasteiger partial charge on any atom is 0.410 e. The minimum absolute atomic E-state index is 0.0963. The molecule has 0 N–H and O–H groups in total. The maximum atomic E-state index is 12.2. The van der Waals surface area contributed by atoms with Crippen LogP contribution in [0.1, 0.15) is 27.7 Å². The van der Waals surface area contributed by atoms with Crippen LogP contribution in [0, 0.1) is 0 Å². The first-order valence-electron chi connectivity index (χ1n) is 7.12. The van der Waals surface area contributed by atoms with Gasteiger partial charge in [-0.1, -0.05) is 0 Å². The van der Waals surface area contributed by atoms with E-state index in [0.717, 1.165) is 23.4 Å². The second-order valence-corrected chi connectivity index (χ2v) is 7.22. The summed E-state index contributed by atoms with van der Waals surface area (Å²) in [7, 11) is 0. The molecule has 1 aliphatic rings. The van der Waals surface area contributed by atoms with Crippen LogP contribution in [0.15, 0.2) is 22.8 Å². The lowest BCUT2D eigenvalue weighted by atomic mass is 10.2. The fraction of sp³-hybridized carbons (Fsp3) is 0.600. The molecule has 6 heteroatoms. The second kappa shape index (κ2) is 6.22. The molecule has 1 aliphatic heterocycles. The third-order valence-electron chi connectivity index (χ3n) is 3.29. The zero-order chi connectivity index (χ0) is 15.6. The Bertz CT molecular complexity index is 499. The number of hydrogen-bond donors (Lipinski definition) is 0. The fourth-order valence-electron chi connectivity index (χ4n) is 2.31. The van der Waals surface area contributed by atoms with Gasteiger partial charge in [0.2, 0.25) is 0 Å². The molecule has 0 saturated carbocycles. The Morgan fingerprint density at radius 1 is 1.38 bits per heavy atom. The summed E-state index contributed by atoms with van der Waals surface area (Å²) in [5, 5.41) is 0. The van der Waals surface area contributed by atoms with Gasteiger partial charge in [-0.05, 0) is 55.8 Å². The number of piperazine rings is 1. The van der Waals surface area contributed by atoms with Crippen molar-refractivity contribution in [1.29, 1.82) is 0 Å². The van der Waals surface area contributed by atoms with Crippen LogP contribution in [0.25, 0.3) is 0 Å². The van der Waals surface area contributed by atoms with E-state index in [1.165, 1.54) is 0 Å². The van der Waals surface area contributed by atoms with Gasteiger partial charge in [-0.25, -0.2) is 9.78 Å². The molecule has 2 heterocycles. The van der Waals surface area contributed by atoms with Crippen molar-refractivity contribution in [3.63, 3.8) is 0 Å². The summed E-state index contributed by atoms with van der Waals surface area (Å²) in [6, 6.07) is 4.06. The molecule has 0 spiro atoms. The number of halogens is 1. The normalized spacial score (nSPS) is 19.6. The van der Waals surface area contributed by atoms with E-state index in [2.05, 4.69) is 25.8 Å². The van der Waals surface area contributed by atoms with Gasteiger partial charge < -0.3 is 14.5 Å². The monoisotopic (exact) mass is 355 g/mol. The summed E-state index contributed by atoms with van der Waals surface area (Å²) in [6.07, 6.45) is 1.55. The van der Waals surface area contributed by atoms with E-state index < -0.39 is 5.60 Å². The largest absolute Gasteiger partial charge is 0.444 e. The summed E-state index contributed by atoms with van der Waals surface area (Å²) in [5.74, 6) is 0.939. The van der Waals surface area contributed by atoms with Crippen molar-refractivity contribution in [2.75, 3.05) is 24.5 Å². The van der Waals surface area contributed by atoms with Crippen molar-refractivity contribution in [3.8, 4) is 0 Å². The first kappa shape index (κ1) is 16.1. The molecule has 1 amide bonds. The summed E-state index contributed by atoms with van der Waals surface area (Å²) in [6.45, 7) is 9.86. The number of aromatic nitrogens is 1. The topological polar surface area (TPSA) is 45.7 Å². The molecule has 116 valence electrons. The highest BCUT2D eigenvalue weighted by Crippen LogP contribution is 2.20. The van der Waals surface area contributed by atoms with Crippen molar-refractivity contribution in [3.05, 3.63) is 22.8 Å².